The number of aryl methyl sites for hydroxylation is 2. The Bertz CT molecular complexity index is 1060. The van der Waals surface area contributed by atoms with Crippen molar-refractivity contribution in [3.05, 3.63) is 95.1 Å². The van der Waals surface area contributed by atoms with Crippen molar-refractivity contribution in [3.8, 4) is 0 Å². The third kappa shape index (κ3) is 5.52. The summed E-state index contributed by atoms with van der Waals surface area (Å²) in [6.45, 7) is 3.96. The number of nitrogens with one attached hydrogen (secondary N) is 3. The third-order valence-electron chi connectivity index (χ3n) is 4.62. The second-order valence-electron chi connectivity index (χ2n) is 6.81. The lowest BCUT2D eigenvalue weighted by Crippen LogP contribution is -2.34. The van der Waals surface area contributed by atoms with Crippen LogP contribution in [0.15, 0.2) is 72.8 Å². The molecule has 6 heteroatoms. The first-order valence-electron chi connectivity index (χ1n) is 9.64. The molecule has 3 aromatic rings. The largest absolute Gasteiger partial charge is 0.332 e. The van der Waals surface area contributed by atoms with E-state index in [2.05, 4.69) is 22.9 Å². The van der Waals surface area contributed by atoms with E-state index in [0.29, 0.717) is 16.8 Å². The lowest BCUT2D eigenvalue weighted by molar-refractivity contribution is 0.0976. The second-order valence-corrected chi connectivity index (χ2v) is 7.22. The van der Waals surface area contributed by atoms with E-state index in [1.54, 1.807) is 36.4 Å². The maximum Gasteiger partial charge on any atom is 0.257 e. The Balaban J connectivity index is 1.59. The van der Waals surface area contributed by atoms with Gasteiger partial charge in [-0.1, -0.05) is 37.3 Å². The molecule has 0 bridgehead atoms. The van der Waals surface area contributed by atoms with Gasteiger partial charge in [0.1, 0.15) is 0 Å². The molecule has 0 aromatic heterocycles. The molecule has 0 unspecified atom stereocenters. The van der Waals surface area contributed by atoms with Crippen LogP contribution in [-0.4, -0.2) is 16.9 Å². The molecule has 0 saturated carbocycles. The number of hydrogen-bond donors (Lipinski definition) is 3. The fraction of sp³-hybridized carbons (Fsp3) is 0.125. The zero-order valence-corrected chi connectivity index (χ0v) is 17.7. The first-order chi connectivity index (χ1) is 14.5. The average molecular weight is 418 g/mol. The molecule has 5 nitrogen and oxygen atoms in total. The van der Waals surface area contributed by atoms with Gasteiger partial charge in [0.2, 0.25) is 0 Å². The first kappa shape index (κ1) is 21.2. The van der Waals surface area contributed by atoms with Gasteiger partial charge in [-0.25, -0.2) is 0 Å². The van der Waals surface area contributed by atoms with Gasteiger partial charge in [-0.2, -0.15) is 0 Å². The Morgan fingerprint density at radius 2 is 1.50 bits per heavy atom. The minimum absolute atomic E-state index is 0.170. The summed E-state index contributed by atoms with van der Waals surface area (Å²) in [5, 5.41) is 8.80. The standard InChI is InChI=1S/C24H23N3O2S/c1-3-17-9-11-19(12-10-17)23(29)27-24(30)25-20-13-14-21(16(2)15-20)26-22(28)18-7-5-4-6-8-18/h4-15H,3H2,1-2H3,(H,26,28)(H2,25,27,29,30). The molecule has 0 aliphatic carbocycles. The third-order valence-corrected chi connectivity index (χ3v) is 4.82. The number of amides is 2. The number of hydrogen-bond acceptors (Lipinski definition) is 3. The van der Waals surface area contributed by atoms with Gasteiger partial charge in [0.15, 0.2) is 5.11 Å². The fourth-order valence-electron chi connectivity index (χ4n) is 2.90. The molecule has 0 aliphatic heterocycles. The monoisotopic (exact) mass is 417 g/mol. The van der Waals surface area contributed by atoms with E-state index in [1.807, 2.05) is 43.3 Å². The van der Waals surface area contributed by atoms with Crippen LogP contribution in [0.4, 0.5) is 11.4 Å². The Morgan fingerprint density at radius 3 is 2.13 bits per heavy atom. The SMILES string of the molecule is CCc1ccc(C(=O)NC(=S)Nc2ccc(NC(=O)c3ccccc3)c(C)c2)cc1. The second kappa shape index (κ2) is 9.80. The highest BCUT2D eigenvalue weighted by Crippen LogP contribution is 2.20. The van der Waals surface area contributed by atoms with Crippen molar-refractivity contribution in [2.45, 2.75) is 20.3 Å². The number of thiocarbonyl (C=S) groups is 1. The molecule has 3 aromatic carbocycles. The summed E-state index contributed by atoms with van der Waals surface area (Å²) >= 11 is 5.26. The molecule has 0 fully saturated rings. The molecule has 0 heterocycles. The van der Waals surface area contributed by atoms with E-state index in [4.69, 9.17) is 12.2 Å². The van der Waals surface area contributed by atoms with Gasteiger partial charge in [0.05, 0.1) is 0 Å². The zero-order chi connectivity index (χ0) is 21.5. The van der Waals surface area contributed by atoms with Crippen LogP contribution >= 0.6 is 12.2 Å². The van der Waals surface area contributed by atoms with Crippen LogP contribution in [0, 0.1) is 6.92 Å². The van der Waals surface area contributed by atoms with Gasteiger partial charge < -0.3 is 10.6 Å². The van der Waals surface area contributed by atoms with Gasteiger partial charge in [-0.3, -0.25) is 14.9 Å². The van der Waals surface area contributed by atoms with E-state index < -0.39 is 0 Å². The summed E-state index contributed by atoms with van der Waals surface area (Å²) in [5.41, 5.74) is 4.61. The number of rotatable bonds is 5. The first-order valence-corrected chi connectivity index (χ1v) is 10.1. The molecule has 0 atom stereocenters. The van der Waals surface area contributed by atoms with Crippen molar-refractivity contribution < 1.29 is 9.59 Å². The van der Waals surface area contributed by atoms with Crippen molar-refractivity contribution in [1.29, 1.82) is 0 Å². The molecule has 0 aliphatic rings. The highest BCUT2D eigenvalue weighted by Gasteiger charge is 2.10. The molecule has 152 valence electrons. The predicted molar refractivity (Wildman–Crippen MR) is 125 cm³/mol. The van der Waals surface area contributed by atoms with E-state index in [1.165, 1.54) is 5.56 Å². The minimum atomic E-state index is -0.265. The highest BCUT2D eigenvalue weighted by atomic mass is 32.1. The number of benzene rings is 3. The van der Waals surface area contributed by atoms with Gasteiger partial charge in [-0.15, -0.1) is 0 Å². The van der Waals surface area contributed by atoms with E-state index in [0.717, 1.165) is 17.7 Å². The van der Waals surface area contributed by atoms with Gasteiger partial charge in [0, 0.05) is 22.5 Å². The van der Waals surface area contributed by atoms with Crippen LogP contribution in [0.3, 0.4) is 0 Å². The molecular formula is C24H23N3O2S. The van der Waals surface area contributed by atoms with Crippen LogP contribution in [0.1, 0.15) is 38.8 Å². The zero-order valence-electron chi connectivity index (χ0n) is 16.9. The summed E-state index contributed by atoms with van der Waals surface area (Å²) in [5.74, 6) is -0.435. The summed E-state index contributed by atoms with van der Waals surface area (Å²) in [6.07, 6.45) is 0.920. The smallest absolute Gasteiger partial charge is 0.257 e. The molecule has 2 amide bonds. The maximum absolute atomic E-state index is 12.3. The minimum Gasteiger partial charge on any atom is -0.332 e. The Labute approximate surface area is 181 Å². The van der Waals surface area contributed by atoms with Crippen LogP contribution < -0.4 is 16.0 Å². The van der Waals surface area contributed by atoms with Crippen molar-refractivity contribution in [2.75, 3.05) is 10.6 Å². The van der Waals surface area contributed by atoms with Crippen molar-refractivity contribution in [2.24, 2.45) is 0 Å². The summed E-state index contributed by atoms with van der Waals surface area (Å²) < 4.78 is 0. The molecule has 3 rings (SSSR count). The average Bonchev–Trinajstić information content (AvgIpc) is 2.76. The number of carbonyl (C=O) groups excluding carboxylic acids is 2. The topological polar surface area (TPSA) is 70.2 Å². The lowest BCUT2D eigenvalue weighted by atomic mass is 10.1. The van der Waals surface area contributed by atoms with E-state index >= 15 is 0 Å². The molecule has 0 saturated heterocycles. The van der Waals surface area contributed by atoms with Crippen LogP contribution in [-0.2, 0) is 6.42 Å². The molecular weight excluding hydrogens is 394 g/mol. The molecule has 0 radical (unpaired) electrons. The van der Waals surface area contributed by atoms with Crippen LogP contribution in [0.5, 0.6) is 0 Å². The Hall–Kier alpha value is -3.51. The molecule has 3 N–H and O–H groups in total. The predicted octanol–water partition coefficient (Wildman–Crippen LogP) is 4.94. The quantitative estimate of drug-likeness (QED) is 0.515. The number of carbonyl (C=O) groups is 2. The highest BCUT2D eigenvalue weighted by molar-refractivity contribution is 7.80. The van der Waals surface area contributed by atoms with Crippen LogP contribution in [0.2, 0.25) is 0 Å². The Morgan fingerprint density at radius 1 is 0.833 bits per heavy atom. The lowest BCUT2D eigenvalue weighted by Gasteiger charge is -2.13. The van der Waals surface area contributed by atoms with Crippen molar-refractivity contribution >= 4 is 40.5 Å². The van der Waals surface area contributed by atoms with Gasteiger partial charge in [-0.05, 0) is 79.2 Å². The van der Waals surface area contributed by atoms with E-state index in [9.17, 15) is 9.59 Å². The van der Waals surface area contributed by atoms with Crippen LogP contribution in [0.25, 0.3) is 0 Å². The Kier molecular flexibility index (Phi) is 6.93. The summed E-state index contributed by atoms with van der Waals surface area (Å²) in [4.78, 5) is 24.7. The number of anilines is 2. The van der Waals surface area contributed by atoms with E-state index in [-0.39, 0.29) is 16.9 Å². The molecule has 30 heavy (non-hydrogen) atoms. The fourth-order valence-corrected chi connectivity index (χ4v) is 3.11. The summed E-state index contributed by atoms with van der Waals surface area (Å²) in [7, 11) is 0. The van der Waals surface area contributed by atoms with Gasteiger partial charge >= 0.3 is 0 Å². The summed E-state index contributed by atoms with van der Waals surface area (Å²) in [6, 6.07) is 21.9. The normalized spacial score (nSPS) is 10.2. The van der Waals surface area contributed by atoms with Crippen molar-refractivity contribution in [1.82, 2.24) is 5.32 Å². The maximum atomic E-state index is 12.3. The van der Waals surface area contributed by atoms with Crippen molar-refractivity contribution in [3.63, 3.8) is 0 Å². The molecule has 0 spiro atoms. The van der Waals surface area contributed by atoms with Gasteiger partial charge in [0.25, 0.3) is 11.8 Å².